The van der Waals surface area contributed by atoms with Gasteiger partial charge in [0.05, 0.1) is 5.56 Å². The van der Waals surface area contributed by atoms with Gasteiger partial charge in [0.25, 0.3) is 5.91 Å². The highest BCUT2D eigenvalue weighted by molar-refractivity contribution is 6.22. The lowest BCUT2D eigenvalue weighted by molar-refractivity contribution is -0.147. The minimum Gasteiger partial charge on any atom is -0.508 e. The van der Waals surface area contributed by atoms with E-state index < -0.39 is 57.8 Å². The van der Waals surface area contributed by atoms with Crippen LogP contribution in [0.1, 0.15) is 35.1 Å². The Hall–Kier alpha value is -4.44. The second-order valence-corrected chi connectivity index (χ2v) is 10.4. The molecule has 202 valence electrons. The Morgan fingerprint density at radius 3 is 2.38 bits per heavy atom. The largest absolute Gasteiger partial charge is 0.508 e. The Balaban J connectivity index is 1.67. The number of hydrogen-bond acceptors (Lipinski definition) is 8. The number of Topliss-reactive ketones (excluding diaryl/α,β-unsaturated/α-hetero) is 2. The normalized spacial score (nSPS) is 24.5. The van der Waals surface area contributed by atoms with Gasteiger partial charge in [-0.3, -0.25) is 14.4 Å². The third-order valence-corrected chi connectivity index (χ3v) is 7.88. The summed E-state index contributed by atoms with van der Waals surface area (Å²) in [6.07, 6.45) is 3.14. The van der Waals surface area contributed by atoms with Crippen molar-refractivity contribution in [3.63, 3.8) is 0 Å². The molecule has 3 atom stereocenters. The van der Waals surface area contributed by atoms with Crippen LogP contribution in [0.4, 0.5) is 10.1 Å². The number of hydrogen-bond donors (Lipinski definition) is 5. The molecule has 3 unspecified atom stereocenters. The number of ketones is 2. The van der Waals surface area contributed by atoms with E-state index in [0.717, 1.165) is 0 Å². The number of aliphatic hydroxyl groups excluding tert-OH is 2. The number of carbonyl (C=O) groups excluding carboxylic acids is 3. The molecule has 0 aromatic heterocycles. The molecule has 1 amide bonds. The monoisotopic (exact) mass is 534 g/mol. The van der Waals surface area contributed by atoms with Crippen LogP contribution < -0.4 is 10.6 Å². The van der Waals surface area contributed by atoms with Crippen LogP contribution in [-0.2, 0) is 20.8 Å². The second kappa shape index (κ2) is 9.09. The molecule has 0 heterocycles. The van der Waals surface area contributed by atoms with E-state index in [1.54, 1.807) is 49.3 Å². The Morgan fingerprint density at radius 1 is 1.10 bits per heavy atom. The maximum absolute atomic E-state index is 13.7. The van der Waals surface area contributed by atoms with E-state index in [1.807, 2.05) is 0 Å². The third kappa shape index (κ3) is 3.90. The standard InChI is InChI=1S/C29H27FN2O7/c1-32(2)19-11-14(6-3-13-4-7-17(30)8-5-13)24(34)22-18(19)10-15-9-16-12-20(33)23(28(31)38)27(37)29(16,39)26(36)21(15)25(22)35/h3-8,11,15-16,34-35,37,39H,9-10,12H2,1-2H3,(H2,31,38)/b6-3+. The second-order valence-electron chi connectivity index (χ2n) is 10.4. The van der Waals surface area contributed by atoms with E-state index in [0.29, 0.717) is 22.4 Å². The fourth-order valence-electron chi connectivity index (χ4n) is 5.98. The predicted octanol–water partition coefficient (Wildman–Crippen LogP) is 2.80. The van der Waals surface area contributed by atoms with Gasteiger partial charge >= 0.3 is 0 Å². The highest BCUT2D eigenvalue weighted by Crippen LogP contribution is 2.53. The molecule has 1 fully saturated rings. The first-order valence-electron chi connectivity index (χ1n) is 12.3. The van der Waals surface area contributed by atoms with Gasteiger partial charge in [0, 0.05) is 43.3 Å². The van der Waals surface area contributed by atoms with Crippen LogP contribution >= 0.6 is 0 Å². The quantitative estimate of drug-likeness (QED) is 0.296. The summed E-state index contributed by atoms with van der Waals surface area (Å²) in [6, 6.07) is 7.45. The maximum Gasteiger partial charge on any atom is 0.255 e. The van der Waals surface area contributed by atoms with Crippen molar-refractivity contribution in [3.8, 4) is 5.75 Å². The van der Waals surface area contributed by atoms with Crippen molar-refractivity contribution >= 4 is 41.1 Å². The number of halogens is 1. The summed E-state index contributed by atoms with van der Waals surface area (Å²) in [5.74, 6) is -7.10. The van der Waals surface area contributed by atoms with Gasteiger partial charge in [-0.25, -0.2) is 4.39 Å². The van der Waals surface area contributed by atoms with Gasteiger partial charge in [0.2, 0.25) is 5.78 Å². The van der Waals surface area contributed by atoms with Gasteiger partial charge < -0.3 is 31.1 Å². The molecule has 0 radical (unpaired) electrons. The van der Waals surface area contributed by atoms with Crippen LogP contribution in [0.5, 0.6) is 5.75 Å². The molecule has 10 heteroatoms. The number of phenols is 1. The fourth-order valence-corrected chi connectivity index (χ4v) is 5.98. The van der Waals surface area contributed by atoms with Crippen molar-refractivity contribution in [3.05, 3.63) is 75.3 Å². The van der Waals surface area contributed by atoms with Crippen LogP contribution in [-0.4, -0.2) is 57.6 Å². The van der Waals surface area contributed by atoms with Crippen LogP contribution in [0.15, 0.2) is 47.2 Å². The molecular weight excluding hydrogens is 507 g/mol. The van der Waals surface area contributed by atoms with Gasteiger partial charge in [-0.15, -0.1) is 0 Å². The predicted molar refractivity (Wildman–Crippen MR) is 141 cm³/mol. The zero-order valence-corrected chi connectivity index (χ0v) is 21.2. The lowest BCUT2D eigenvalue weighted by Gasteiger charge is -2.46. The first-order chi connectivity index (χ1) is 18.4. The Morgan fingerprint density at radius 2 is 1.77 bits per heavy atom. The molecule has 1 saturated carbocycles. The number of aliphatic hydroxyl groups is 3. The van der Waals surface area contributed by atoms with E-state index in [1.165, 1.54) is 12.1 Å². The van der Waals surface area contributed by atoms with Gasteiger partial charge in [-0.05, 0) is 48.1 Å². The van der Waals surface area contributed by atoms with Gasteiger partial charge in [-0.1, -0.05) is 24.3 Å². The zero-order chi connectivity index (χ0) is 28.4. The molecular formula is C29H27FN2O7. The molecule has 0 bridgehead atoms. The molecule has 0 aliphatic heterocycles. The minimum absolute atomic E-state index is 0.00656. The van der Waals surface area contributed by atoms with Crippen LogP contribution in [0, 0.1) is 17.7 Å². The number of fused-ring (bicyclic) bond motifs is 3. The number of anilines is 1. The van der Waals surface area contributed by atoms with Crippen molar-refractivity contribution in [2.45, 2.75) is 24.9 Å². The van der Waals surface area contributed by atoms with E-state index in [4.69, 9.17) is 5.73 Å². The summed E-state index contributed by atoms with van der Waals surface area (Å²) >= 11 is 0. The third-order valence-electron chi connectivity index (χ3n) is 7.88. The Bertz CT molecular complexity index is 1540. The highest BCUT2D eigenvalue weighted by Gasteiger charge is 2.60. The summed E-state index contributed by atoms with van der Waals surface area (Å²) in [5.41, 5.74) is 3.80. The van der Waals surface area contributed by atoms with Gasteiger partial charge in [0.1, 0.15) is 28.7 Å². The smallest absolute Gasteiger partial charge is 0.255 e. The van der Waals surface area contributed by atoms with Crippen LogP contribution in [0.2, 0.25) is 0 Å². The average Bonchev–Trinajstić information content (AvgIpc) is 2.86. The molecule has 2 aromatic rings. The van der Waals surface area contributed by atoms with E-state index in [2.05, 4.69) is 0 Å². The molecule has 0 spiro atoms. The number of amides is 1. The van der Waals surface area contributed by atoms with Crippen LogP contribution in [0.25, 0.3) is 17.9 Å². The van der Waals surface area contributed by atoms with Crippen LogP contribution in [0.3, 0.4) is 0 Å². The Kier molecular flexibility index (Phi) is 6.10. The molecule has 5 rings (SSSR count). The summed E-state index contributed by atoms with van der Waals surface area (Å²) in [4.78, 5) is 39.8. The summed E-state index contributed by atoms with van der Waals surface area (Å²) in [6.45, 7) is 0. The molecule has 6 N–H and O–H groups in total. The molecule has 3 aliphatic rings. The number of phenolic OH excluding ortho intramolecular Hbond substituents is 1. The minimum atomic E-state index is -2.62. The van der Waals surface area contributed by atoms with Gasteiger partial charge in [-0.2, -0.15) is 0 Å². The zero-order valence-electron chi connectivity index (χ0n) is 21.2. The lowest BCUT2D eigenvalue weighted by Crippen LogP contribution is -2.58. The lowest BCUT2D eigenvalue weighted by atomic mass is 9.59. The average molecular weight is 535 g/mol. The van der Waals surface area contributed by atoms with Crippen molar-refractivity contribution in [2.24, 2.45) is 17.6 Å². The summed E-state index contributed by atoms with van der Waals surface area (Å²) in [5, 5.41) is 44.8. The maximum atomic E-state index is 13.7. The number of benzene rings is 2. The van der Waals surface area contributed by atoms with E-state index >= 15 is 0 Å². The van der Waals surface area contributed by atoms with E-state index in [-0.39, 0.29) is 36.1 Å². The first-order valence-corrected chi connectivity index (χ1v) is 12.3. The number of nitrogens with two attached hydrogens (primary N) is 1. The number of aromatic hydroxyl groups is 1. The molecule has 39 heavy (non-hydrogen) atoms. The molecule has 9 nitrogen and oxygen atoms in total. The SMILES string of the molecule is CN(C)c1cc(/C=C/c2ccc(F)cc2)c(O)c2c1CC1CC3CC(=O)C(C(N)=O)=C(O)C3(O)C(=O)C1=C2O. The van der Waals surface area contributed by atoms with Crippen molar-refractivity contribution in [1.29, 1.82) is 0 Å². The van der Waals surface area contributed by atoms with Crippen molar-refractivity contribution in [2.75, 3.05) is 19.0 Å². The number of primary amides is 1. The highest BCUT2D eigenvalue weighted by atomic mass is 19.1. The number of nitrogens with zero attached hydrogens (tertiary/aromatic N) is 1. The fraction of sp³-hybridized carbons (Fsp3) is 0.276. The molecule has 3 aliphatic carbocycles. The van der Waals surface area contributed by atoms with Crippen molar-refractivity contribution in [1.82, 2.24) is 0 Å². The first kappa shape index (κ1) is 26.2. The molecule has 2 aromatic carbocycles. The van der Waals surface area contributed by atoms with E-state index in [9.17, 15) is 39.2 Å². The Labute approximate surface area is 223 Å². The number of rotatable bonds is 4. The van der Waals surface area contributed by atoms with Crippen molar-refractivity contribution < 1.29 is 39.2 Å². The number of carbonyl (C=O) groups is 3. The van der Waals surface area contributed by atoms with Gasteiger partial charge in [0.15, 0.2) is 11.4 Å². The molecule has 0 saturated heterocycles. The summed E-state index contributed by atoms with van der Waals surface area (Å²) in [7, 11) is 3.57. The topological polar surface area (TPSA) is 161 Å². The summed E-state index contributed by atoms with van der Waals surface area (Å²) < 4.78 is 13.3.